The normalized spacial score (nSPS) is 12.4. The summed E-state index contributed by atoms with van der Waals surface area (Å²) in [5, 5.41) is 3.15. The molecule has 0 aromatic heterocycles. The third kappa shape index (κ3) is 4.58. The molecule has 18 heavy (non-hydrogen) atoms. The van der Waals surface area contributed by atoms with Gasteiger partial charge in [-0.3, -0.25) is 4.79 Å². The summed E-state index contributed by atoms with van der Waals surface area (Å²) in [5.41, 5.74) is 5.37. The summed E-state index contributed by atoms with van der Waals surface area (Å²) < 4.78 is 5.26. The quantitative estimate of drug-likeness (QED) is 0.738. The van der Waals surface area contributed by atoms with Gasteiger partial charge in [-0.15, -0.1) is 11.8 Å². The largest absolute Gasteiger partial charge is 0.496 e. The molecule has 0 radical (unpaired) electrons. The van der Waals surface area contributed by atoms with Crippen molar-refractivity contribution in [1.82, 2.24) is 5.32 Å². The minimum atomic E-state index is -0.333. The SMILES string of the molecule is COc1ccccc1SCC(NC(C)C)C(N)=O. The molecule has 0 spiro atoms. The Hall–Kier alpha value is -1.20. The molecule has 1 aromatic rings. The number of benzene rings is 1. The molecule has 4 nitrogen and oxygen atoms in total. The molecule has 0 aliphatic carbocycles. The van der Waals surface area contributed by atoms with E-state index in [-0.39, 0.29) is 18.0 Å². The molecule has 1 aromatic carbocycles. The number of carbonyl (C=O) groups is 1. The van der Waals surface area contributed by atoms with Gasteiger partial charge in [-0.05, 0) is 12.1 Å². The van der Waals surface area contributed by atoms with E-state index in [4.69, 9.17) is 10.5 Å². The summed E-state index contributed by atoms with van der Waals surface area (Å²) in [5.74, 6) is 1.08. The van der Waals surface area contributed by atoms with E-state index < -0.39 is 0 Å². The number of rotatable bonds is 7. The van der Waals surface area contributed by atoms with Crippen molar-refractivity contribution in [3.63, 3.8) is 0 Å². The second-order valence-corrected chi connectivity index (χ2v) is 5.30. The molecule has 0 heterocycles. The first-order valence-electron chi connectivity index (χ1n) is 5.85. The highest BCUT2D eigenvalue weighted by atomic mass is 32.2. The van der Waals surface area contributed by atoms with Gasteiger partial charge in [0.05, 0.1) is 13.2 Å². The number of methoxy groups -OCH3 is 1. The zero-order chi connectivity index (χ0) is 13.5. The summed E-state index contributed by atoms with van der Waals surface area (Å²) in [6, 6.07) is 7.62. The van der Waals surface area contributed by atoms with Crippen LogP contribution in [-0.2, 0) is 4.79 Å². The van der Waals surface area contributed by atoms with E-state index in [0.717, 1.165) is 10.6 Å². The summed E-state index contributed by atoms with van der Waals surface area (Å²) in [4.78, 5) is 12.3. The first-order chi connectivity index (χ1) is 8.54. The van der Waals surface area contributed by atoms with Gasteiger partial charge < -0.3 is 15.8 Å². The molecule has 0 bridgehead atoms. The third-order valence-electron chi connectivity index (χ3n) is 2.35. The van der Waals surface area contributed by atoms with Crippen molar-refractivity contribution in [1.29, 1.82) is 0 Å². The molecule has 0 saturated carbocycles. The lowest BCUT2D eigenvalue weighted by Crippen LogP contribution is -2.46. The number of nitrogens with two attached hydrogens (primary N) is 1. The number of thioether (sulfide) groups is 1. The number of amides is 1. The molecule has 5 heteroatoms. The number of nitrogens with one attached hydrogen (secondary N) is 1. The lowest BCUT2D eigenvalue weighted by atomic mass is 10.3. The molecule has 100 valence electrons. The van der Waals surface area contributed by atoms with Crippen LogP contribution < -0.4 is 15.8 Å². The van der Waals surface area contributed by atoms with Gasteiger partial charge in [0.1, 0.15) is 5.75 Å². The number of hydrogen-bond acceptors (Lipinski definition) is 4. The number of ether oxygens (including phenoxy) is 1. The highest BCUT2D eigenvalue weighted by molar-refractivity contribution is 7.99. The zero-order valence-corrected chi connectivity index (χ0v) is 11.8. The molecule has 0 aliphatic heterocycles. The maximum atomic E-state index is 11.3. The fourth-order valence-electron chi connectivity index (χ4n) is 1.53. The van der Waals surface area contributed by atoms with Crippen molar-refractivity contribution in [3.8, 4) is 5.75 Å². The van der Waals surface area contributed by atoms with Gasteiger partial charge in [0.2, 0.25) is 5.91 Å². The van der Waals surface area contributed by atoms with Gasteiger partial charge in [-0.1, -0.05) is 26.0 Å². The molecule has 0 saturated heterocycles. The molecule has 1 unspecified atom stereocenters. The Morgan fingerprint density at radius 3 is 2.67 bits per heavy atom. The standard InChI is InChI=1S/C13H20N2O2S/c1-9(2)15-10(13(14)16)8-18-12-7-5-4-6-11(12)17-3/h4-7,9-10,15H,8H2,1-3H3,(H2,14,16). The maximum Gasteiger partial charge on any atom is 0.235 e. The smallest absolute Gasteiger partial charge is 0.235 e. The van der Waals surface area contributed by atoms with Gasteiger partial charge in [0.25, 0.3) is 0 Å². The van der Waals surface area contributed by atoms with Gasteiger partial charge in [-0.2, -0.15) is 0 Å². The van der Waals surface area contributed by atoms with Crippen molar-refractivity contribution in [2.75, 3.05) is 12.9 Å². The molecule has 1 atom stereocenters. The second-order valence-electron chi connectivity index (χ2n) is 4.24. The van der Waals surface area contributed by atoms with E-state index in [1.54, 1.807) is 18.9 Å². The van der Waals surface area contributed by atoms with Crippen LogP contribution in [0.3, 0.4) is 0 Å². The van der Waals surface area contributed by atoms with Gasteiger partial charge in [-0.25, -0.2) is 0 Å². The fourth-order valence-corrected chi connectivity index (χ4v) is 2.60. The van der Waals surface area contributed by atoms with Gasteiger partial charge >= 0.3 is 0 Å². The summed E-state index contributed by atoms with van der Waals surface area (Å²) >= 11 is 1.56. The molecular formula is C13H20N2O2S. The van der Waals surface area contributed by atoms with Gasteiger partial charge in [0, 0.05) is 16.7 Å². The highest BCUT2D eigenvalue weighted by Gasteiger charge is 2.17. The van der Waals surface area contributed by atoms with Crippen LogP contribution in [0, 0.1) is 0 Å². The Morgan fingerprint density at radius 1 is 1.44 bits per heavy atom. The van der Waals surface area contributed by atoms with Crippen LogP contribution in [0.4, 0.5) is 0 Å². The Balaban J connectivity index is 2.64. The van der Waals surface area contributed by atoms with E-state index >= 15 is 0 Å². The predicted octanol–water partition coefficient (Wildman–Crippen LogP) is 1.64. The van der Waals surface area contributed by atoms with Crippen LogP contribution in [0.5, 0.6) is 5.75 Å². The molecule has 1 rings (SSSR count). The Bertz CT molecular complexity index is 396. The van der Waals surface area contributed by atoms with Crippen LogP contribution in [0.15, 0.2) is 29.2 Å². The van der Waals surface area contributed by atoms with Crippen molar-refractivity contribution < 1.29 is 9.53 Å². The third-order valence-corrected chi connectivity index (χ3v) is 3.50. The van der Waals surface area contributed by atoms with Crippen LogP contribution in [0.1, 0.15) is 13.8 Å². The number of primary amides is 1. The van der Waals surface area contributed by atoms with E-state index in [9.17, 15) is 4.79 Å². The van der Waals surface area contributed by atoms with E-state index in [2.05, 4.69) is 5.32 Å². The first-order valence-corrected chi connectivity index (χ1v) is 6.84. The monoisotopic (exact) mass is 268 g/mol. The van der Waals surface area contributed by atoms with E-state index in [1.807, 2.05) is 38.1 Å². The summed E-state index contributed by atoms with van der Waals surface area (Å²) in [6.45, 7) is 3.98. The van der Waals surface area contributed by atoms with E-state index in [0.29, 0.717) is 5.75 Å². The van der Waals surface area contributed by atoms with Crippen LogP contribution in [0.25, 0.3) is 0 Å². The molecule has 0 fully saturated rings. The maximum absolute atomic E-state index is 11.3. The zero-order valence-electron chi connectivity index (χ0n) is 11.0. The minimum absolute atomic E-state index is 0.223. The van der Waals surface area contributed by atoms with Crippen molar-refractivity contribution >= 4 is 17.7 Å². The summed E-state index contributed by atoms with van der Waals surface area (Å²) in [7, 11) is 1.64. The molecule has 1 amide bonds. The average molecular weight is 268 g/mol. The lowest BCUT2D eigenvalue weighted by Gasteiger charge is -2.18. The van der Waals surface area contributed by atoms with Gasteiger partial charge in [0.15, 0.2) is 0 Å². The Morgan fingerprint density at radius 2 is 2.11 bits per heavy atom. The first kappa shape index (κ1) is 14.9. The second kappa shape index (κ2) is 7.28. The summed E-state index contributed by atoms with van der Waals surface area (Å²) in [6.07, 6.45) is 0. The number of para-hydroxylation sites is 1. The average Bonchev–Trinajstić information content (AvgIpc) is 2.34. The Kier molecular flexibility index (Phi) is 6.01. The van der Waals surface area contributed by atoms with Crippen molar-refractivity contribution in [2.24, 2.45) is 5.73 Å². The highest BCUT2D eigenvalue weighted by Crippen LogP contribution is 2.28. The van der Waals surface area contributed by atoms with Crippen molar-refractivity contribution in [3.05, 3.63) is 24.3 Å². The minimum Gasteiger partial charge on any atom is -0.496 e. The topological polar surface area (TPSA) is 64.3 Å². The lowest BCUT2D eigenvalue weighted by molar-refractivity contribution is -0.119. The fraction of sp³-hybridized carbons (Fsp3) is 0.462. The molecule has 3 N–H and O–H groups in total. The molecule has 0 aliphatic rings. The van der Waals surface area contributed by atoms with Crippen LogP contribution in [0.2, 0.25) is 0 Å². The Labute approximate surface area is 112 Å². The van der Waals surface area contributed by atoms with Crippen LogP contribution in [-0.4, -0.2) is 30.9 Å². The molecular weight excluding hydrogens is 248 g/mol. The van der Waals surface area contributed by atoms with E-state index in [1.165, 1.54) is 0 Å². The van der Waals surface area contributed by atoms with Crippen molar-refractivity contribution in [2.45, 2.75) is 30.8 Å². The number of carbonyl (C=O) groups excluding carboxylic acids is 1. The number of hydrogen-bond donors (Lipinski definition) is 2. The predicted molar refractivity (Wildman–Crippen MR) is 75.0 cm³/mol. The van der Waals surface area contributed by atoms with Crippen LogP contribution >= 0.6 is 11.8 Å².